The molecular weight excluding hydrogens is 316 g/mol. The summed E-state index contributed by atoms with van der Waals surface area (Å²) in [5, 5.41) is 10.8. The largest absolute Gasteiger partial charge is 0.270 e. The van der Waals surface area contributed by atoms with Gasteiger partial charge in [0.1, 0.15) is 4.90 Å². The van der Waals surface area contributed by atoms with Gasteiger partial charge in [0.15, 0.2) is 0 Å². The zero-order valence-electron chi connectivity index (χ0n) is 12.2. The quantitative estimate of drug-likeness (QED) is 0.610. The molecule has 0 heterocycles. The van der Waals surface area contributed by atoms with Gasteiger partial charge < -0.3 is 0 Å². The predicted octanol–water partition coefficient (Wildman–Crippen LogP) is 3.50. The molecule has 0 unspecified atom stereocenters. The number of non-ortho nitro benzene ring substituents is 1. The highest BCUT2D eigenvalue weighted by Gasteiger charge is 2.32. The molecule has 0 aromatic heterocycles. The number of halogens is 1. The van der Waals surface area contributed by atoms with E-state index in [0.29, 0.717) is 19.3 Å². The first-order chi connectivity index (χ1) is 9.71. The van der Waals surface area contributed by atoms with Gasteiger partial charge in [-0.05, 0) is 25.3 Å². The fraction of sp³-hybridized carbons (Fsp3) is 0.538. The second kappa shape index (κ2) is 6.72. The van der Waals surface area contributed by atoms with E-state index in [1.807, 2.05) is 20.8 Å². The summed E-state index contributed by atoms with van der Waals surface area (Å²) in [5.41, 5.74) is -0.887. The highest BCUT2D eigenvalue weighted by molar-refractivity contribution is 7.89. The summed E-state index contributed by atoms with van der Waals surface area (Å²) in [7, 11) is -3.93. The summed E-state index contributed by atoms with van der Waals surface area (Å²) in [4.78, 5) is 9.88. The van der Waals surface area contributed by atoms with Gasteiger partial charge in [0.05, 0.1) is 9.95 Å². The van der Waals surface area contributed by atoms with E-state index in [1.54, 1.807) is 0 Å². The molecule has 8 heteroatoms. The van der Waals surface area contributed by atoms with Crippen molar-refractivity contribution in [3.8, 4) is 0 Å². The van der Waals surface area contributed by atoms with Gasteiger partial charge in [0.25, 0.3) is 5.69 Å². The van der Waals surface area contributed by atoms with Crippen LogP contribution in [0, 0.1) is 10.1 Å². The molecule has 118 valence electrons. The summed E-state index contributed by atoms with van der Waals surface area (Å²) < 4.78 is 27.6. The van der Waals surface area contributed by atoms with E-state index in [1.165, 1.54) is 12.1 Å². The van der Waals surface area contributed by atoms with Gasteiger partial charge in [0.2, 0.25) is 10.0 Å². The van der Waals surface area contributed by atoms with Gasteiger partial charge in [-0.2, -0.15) is 0 Å². The average molecular weight is 335 g/mol. The lowest BCUT2D eigenvalue weighted by molar-refractivity contribution is -0.385. The second-order valence-electron chi connectivity index (χ2n) is 4.82. The molecule has 21 heavy (non-hydrogen) atoms. The molecule has 0 fully saturated rings. The van der Waals surface area contributed by atoms with Gasteiger partial charge in [-0.25, -0.2) is 13.1 Å². The standard InChI is InChI=1S/C13H19ClN2O4S/c1-4-13(5-2,6-3)15-21(19,20)12-9-10(16(17)18)7-8-11(12)14/h7-9,15H,4-6H2,1-3H3. The Morgan fingerprint density at radius 2 is 1.76 bits per heavy atom. The van der Waals surface area contributed by atoms with Crippen LogP contribution < -0.4 is 4.72 Å². The molecule has 0 aliphatic rings. The van der Waals surface area contributed by atoms with E-state index in [9.17, 15) is 18.5 Å². The van der Waals surface area contributed by atoms with Gasteiger partial charge in [-0.1, -0.05) is 32.4 Å². The topological polar surface area (TPSA) is 89.3 Å². The van der Waals surface area contributed by atoms with Crippen LogP contribution in [0.3, 0.4) is 0 Å². The minimum absolute atomic E-state index is 0.0368. The number of nitrogens with zero attached hydrogens (tertiary/aromatic N) is 1. The average Bonchev–Trinajstić information content (AvgIpc) is 2.45. The maximum absolute atomic E-state index is 12.5. The molecule has 1 rings (SSSR count). The Morgan fingerprint density at radius 1 is 1.24 bits per heavy atom. The SMILES string of the molecule is CCC(CC)(CC)NS(=O)(=O)c1cc([N+](=O)[O-])ccc1Cl. The van der Waals surface area contributed by atoms with Crippen molar-refractivity contribution in [3.05, 3.63) is 33.3 Å². The predicted molar refractivity (Wildman–Crippen MR) is 82.0 cm³/mol. The molecule has 0 spiro atoms. The lowest BCUT2D eigenvalue weighted by Gasteiger charge is -2.31. The zero-order chi connectivity index (χ0) is 16.3. The molecule has 0 amide bonds. The number of nitrogens with one attached hydrogen (secondary N) is 1. The monoisotopic (exact) mass is 334 g/mol. The minimum Gasteiger partial charge on any atom is -0.258 e. The fourth-order valence-corrected chi connectivity index (χ4v) is 4.25. The Hall–Kier alpha value is -1.18. The van der Waals surface area contributed by atoms with E-state index in [2.05, 4.69) is 4.72 Å². The Balaban J connectivity index is 3.31. The first kappa shape index (κ1) is 17.9. The van der Waals surface area contributed by atoms with E-state index in [0.717, 1.165) is 6.07 Å². The van der Waals surface area contributed by atoms with Crippen molar-refractivity contribution in [3.63, 3.8) is 0 Å². The summed E-state index contributed by atoms with van der Waals surface area (Å²) in [6.07, 6.45) is 1.85. The minimum atomic E-state index is -3.93. The molecular formula is C13H19ClN2O4S. The third kappa shape index (κ3) is 3.93. The first-order valence-corrected chi connectivity index (χ1v) is 8.55. The number of benzene rings is 1. The Kier molecular flexibility index (Phi) is 5.72. The Labute approximate surface area is 129 Å². The maximum Gasteiger partial charge on any atom is 0.270 e. The van der Waals surface area contributed by atoms with Gasteiger partial charge in [-0.3, -0.25) is 10.1 Å². The Morgan fingerprint density at radius 3 is 2.19 bits per heavy atom. The van der Waals surface area contributed by atoms with Crippen LogP contribution in [-0.2, 0) is 10.0 Å². The molecule has 0 bridgehead atoms. The number of hydrogen-bond acceptors (Lipinski definition) is 4. The van der Waals surface area contributed by atoms with Crippen molar-refractivity contribution in [1.82, 2.24) is 4.72 Å². The van der Waals surface area contributed by atoms with Crippen LogP contribution in [0.1, 0.15) is 40.0 Å². The van der Waals surface area contributed by atoms with E-state index >= 15 is 0 Å². The van der Waals surface area contributed by atoms with Crippen molar-refractivity contribution in [2.45, 2.75) is 50.5 Å². The molecule has 1 aromatic rings. The summed E-state index contributed by atoms with van der Waals surface area (Å²) >= 11 is 5.90. The summed E-state index contributed by atoms with van der Waals surface area (Å²) in [5.74, 6) is 0. The summed E-state index contributed by atoms with van der Waals surface area (Å²) in [6.45, 7) is 5.68. The molecule has 0 atom stereocenters. The van der Waals surface area contributed by atoms with Crippen molar-refractivity contribution in [1.29, 1.82) is 0 Å². The molecule has 0 saturated carbocycles. The van der Waals surface area contributed by atoms with E-state index < -0.39 is 20.5 Å². The van der Waals surface area contributed by atoms with Crippen LogP contribution >= 0.6 is 11.6 Å². The van der Waals surface area contributed by atoms with Crippen LogP contribution in [0.15, 0.2) is 23.1 Å². The molecule has 0 aliphatic carbocycles. The zero-order valence-corrected chi connectivity index (χ0v) is 13.8. The molecule has 1 aromatic carbocycles. The third-order valence-electron chi connectivity index (χ3n) is 3.80. The van der Waals surface area contributed by atoms with Gasteiger partial charge in [-0.15, -0.1) is 0 Å². The van der Waals surface area contributed by atoms with E-state index in [4.69, 9.17) is 11.6 Å². The maximum atomic E-state index is 12.5. The normalized spacial score (nSPS) is 12.4. The number of hydrogen-bond donors (Lipinski definition) is 1. The number of sulfonamides is 1. The number of nitro groups is 1. The fourth-order valence-electron chi connectivity index (χ4n) is 2.12. The number of rotatable bonds is 7. The van der Waals surface area contributed by atoms with Crippen molar-refractivity contribution < 1.29 is 13.3 Å². The van der Waals surface area contributed by atoms with Crippen molar-refractivity contribution >= 4 is 27.3 Å². The highest BCUT2D eigenvalue weighted by atomic mass is 35.5. The van der Waals surface area contributed by atoms with Crippen LogP contribution in [0.5, 0.6) is 0 Å². The first-order valence-electron chi connectivity index (χ1n) is 6.69. The van der Waals surface area contributed by atoms with Crippen molar-refractivity contribution in [2.24, 2.45) is 0 Å². The highest BCUT2D eigenvalue weighted by Crippen LogP contribution is 2.29. The van der Waals surface area contributed by atoms with Crippen molar-refractivity contribution in [2.75, 3.05) is 0 Å². The number of nitro benzene ring substituents is 1. The smallest absolute Gasteiger partial charge is 0.258 e. The van der Waals surface area contributed by atoms with Gasteiger partial charge >= 0.3 is 0 Å². The molecule has 0 aliphatic heterocycles. The van der Waals surface area contributed by atoms with Gasteiger partial charge in [0, 0.05) is 17.7 Å². The summed E-state index contributed by atoms with van der Waals surface area (Å²) in [6, 6.07) is 3.38. The Bertz CT molecular complexity index is 619. The lowest BCUT2D eigenvalue weighted by Crippen LogP contribution is -2.47. The van der Waals surface area contributed by atoms with Crippen LogP contribution in [-0.4, -0.2) is 18.9 Å². The van der Waals surface area contributed by atoms with Crippen LogP contribution in [0.4, 0.5) is 5.69 Å². The molecule has 6 nitrogen and oxygen atoms in total. The molecule has 1 N–H and O–H groups in total. The third-order valence-corrected chi connectivity index (χ3v) is 5.86. The van der Waals surface area contributed by atoms with Crippen LogP contribution in [0.25, 0.3) is 0 Å². The molecule has 0 saturated heterocycles. The lowest BCUT2D eigenvalue weighted by atomic mass is 9.91. The molecule has 0 radical (unpaired) electrons. The van der Waals surface area contributed by atoms with E-state index in [-0.39, 0.29) is 15.6 Å². The van der Waals surface area contributed by atoms with Crippen LogP contribution in [0.2, 0.25) is 5.02 Å². The second-order valence-corrected chi connectivity index (χ2v) is 6.88.